The standard InChI is InChI=1S/C18H16BrN5O/c19-15-3-1-13(2-4-15)11-18(25)22-17-6-5-16(23-24-17)21-12-14-7-9-20-10-8-14/h1-10H,11-12H2,(H,21,23)(H,22,24,25). The van der Waals surface area contributed by atoms with Crippen molar-refractivity contribution in [1.82, 2.24) is 15.2 Å². The maximum absolute atomic E-state index is 12.1. The van der Waals surface area contributed by atoms with Gasteiger partial charge >= 0.3 is 0 Å². The Bertz CT molecular complexity index is 822. The fourth-order valence-electron chi connectivity index (χ4n) is 2.16. The SMILES string of the molecule is O=C(Cc1ccc(Br)cc1)Nc1ccc(NCc2ccncc2)nn1. The molecule has 0 aliphatic carbocycles. The molecular formula is C18H16BrN5O. The van der Waals surface area contributed by atoms with Crippen molar-refractivity contribution in [2.75, 3.05) is 10.6 Å². The predicted molar refractivity (Wildman–Crippen MR) is 100 cm³/mol. The number of hydrogen-bond acceptors (Lipinski definition) is 5. The molecule has 0 spiro atoms. The van der Waals surface area contributed by atoms with Crippen molar-refractivity contribution in [2.45, 2.75) is 13.0 Å². The molecule has 0 aliphatic rings. The zero-order valence-corrected chi connectivity index (χ0v) is 14.9. The number of anilines is 2. The number of hydrogen-bond donors (Lipinski definition) is 2. The van der Waals surface area contributed by atoms with Crippen molar-refractivity contribution in [1.29, 1.82) is 0 Å². The second-order valence-corrected chi connectivity index (χ2v) is 6.28. The maximum atomic E-state index is 12.1. The monoisotopic (exact) mass is 397 g/mol. The summed E-state index contributed by atoms with van der Waals surface area (Å²) in [5.41, 5.74) is 2.04. The van der Waals surface area contributed by atoms with E-state index in [1.807, 2.05) is 36.4 Å². The van der Waals surface area contributed by atoms with E-state index < -0.39 is 0 Å². The number of amides is 1. The van der Waals surface area contributed by atoms with Gasteiger partial charge in [-0.2, -0.15) is 0 Å². The molecule has 2 heterocycles. The van der Waals surface area contributed by atoms with Crippen molar-refractivity contribution >= 4 is 33.5 Å². The van der Waals surface area contributed by atoms with Gasteiger partial charge in [-0.1, -0.05) is 28.1 Å². The summed E-state index contributed by atoms with van der Waals surface area (Å²) in [6.07, 6.45) is 3.77. The quantitative estimate of drug-likeness (QED) is 0.665. The van der Waals surface area contributed by atoms with Gasteiger partial charge in [0.05, 0.1) is 6.42 Å². The van der Waals surface area contributed by atoms with E-state index in [9.17, 15) is 4.79 Å². The molecule has 0 saturated heterocycles. The van der Waals surface area contributed by atoms with Crippen LogP contribution in [0.2, 0.25) is 0 Å². The Labute approximate surface area is 153 Å². The van der Waals surface area contributed by atoms with Crippen LogP contribution in [0.4, 0.5) is 11.6 Å². The minimum atomic E-state index is -0.130. The third-order valence-electron chi connectivity index (χ3n) is 3.43. The van der Waals surface area contributed by atoms with Crippen LogP contribution >= 0.6 is 15.9 Å². The highest BCUT2D eigenvalue weighted by molar-refractivity contribution is 9.10. The number of rotatable bonds is 6. The maximum Gasteiger partial charge on any atom is 0.229 e. The third-order valence-corrected chi connectivity index (χ3v) is 3.96. The first-order valence-corrected chi connectivity index (χ1v) is 8.49. The molecule has 6 nitrogen and oxygen atoms in total. The van der Waals surface area contributed by atoms with Crippen LogP contribution in [0, 0.1) is 0 Å². The minimum absolute atomic E-state index is 0.130. The summed E-state index contributed by atoms with van der Waals surface area (Å²) in [7, 11) is 0. The lowest BCUT2D eigenvalue weighted by molar-refractivity contribution is -0.115. The van der Waals surface area contributed by atoms with Gasteiger partial charge in [-0.3, -0.25) is 9.78 Å². The number of halogens is 1. The van der Waals surface area contributed by atoms with Crippen LogP contribution in [-0.2, 0) is 17.8 Å². The van der Waals surface area contributed by atoms with Crippen LogP contribution in [0.15, 0.2) is 65.4 Å². The lowest BCUT2D eigenvalue weighted by Crippen LogP contribution is -2.15. The molecule has 2 aromatic heterocycles. The summed E-state index contributed by atoms with van der Waals surface area (Å²) < 4.78 is 0.984. The van der Waals surface area contributed by atoms with Gasteiger partial charge in [0.15, 0.2) is 5.82 Å². The van der Waals surface area contributed by atoms with Gasteiger partial charge in [0.1, 0.15) is 5.82 Å². The zero-order valence-electron chi connectivity index (χ0n) is 13.3. The van der Waals surface area contributed by atoms with Crippen molar-refractivity contribution in [2.24, 2.45) is 0 Å². The Balaban J connectivity index is 1.51. The number of pyridine rings is 1. The molecule has 25 heavy (non-hydrogen) atoms. The van der Waals surface area contributed by atoms with E-state index in [0.29, 0.717) is 18.2 Å². The summed E-state index contributed by atoms with van der Waals surface area (Å²) in [5, 5.41) is 14.0. The molecule has 0 saturated carbocycles. The van der Waals surface area contributed by atoms with Gasteiger partial charge in [0.25, 0.3) is 0 Å². The molecule has 0 unspecified atom stereocenters. The number of benzene rings is 1. The number of carbonyl (C=O) groups excluding carboxylic acids is 1. The Hall–Kier alpha value is -2.80. The highest BCUT2D eigenvalue weighted by Gasteiger charge is 2.06. The van der Waals surface area contributed by atoms with E-state index in [1.54, 1.807) is 24.5 Å². The van der Waals surface area contributed by atoms with E-state index in [4.69, 9.17) is 0 Å². The molecule has 0 fully saturated rings. The highest BCUT2D eigenvalue weighted by Crippen LogP contribution is 2.12. The van der Waals surface area contributed by atoms with E-state index in [2.05, 4.69) is 41.7 Å². The lowest BCUT2D eigenvalue weighted by atomic mass is 10.1. The molecule has 126 valence electrons. The Kier molecular flexibility index (Phi) is 5.69. The fourth-order valence-corrected chi connectivity index (χ4v) is 2.43. The molecular weight excluding hydrogens is 382 g/mol. The van der Waals surface area contributed by atoms with Crippen molar-refractivity contribution in [3.05, 3.63) is 76.5 Å². The Morgan fingerprint density at radius 2 is 1.56 bits per heavy atom. The normalized spacial score (nSPS) is 10.3. The number of carbonyl (C=O) groups is 1. The summed E-state index contributed by atoms with van der Waals surface area (Å²) in [4.78, 5) is 16.0. The zero-order chi connectivity index (χ0) is 17.5. The van der Waals surface area contributed by atoms with E-state index >= 15 is 0 Å². The van der Waals surface area contributed by atoms with Gasteiger partial charge in [-0.15, -0.1) is 10.2 Å². The largest absolute Gasteiger partial charge is 0.365 e. The first-order chi connectivity index (χ1) is 12.2. The van der Waals surface area contributed by atoms with Gasteiger partial charge in [-0.25, -0.2) is 0 Å². The second-order valence-electron chi connectivity index (χ2n) is 5.36. The molecule has 7 heteroatoms. The molecule has 0 bridgehead atoms. The Morgan fingerprint density at radius 3 is 2.24 bits per heavy atom. The molecule has 0 aliphatic heterocycles. The number of nitrogens with zero attached hydrogens (tertiary/aromatic N) is 3. The minimum Gasteiger partial charge on any atom is -0.365 e. The van der Waals surface area contributed by atoms with Crippen LogP contribution in [0.25, 0.3) is 0 Å². The molecule has 3 aromatic rings. The highest BCUT2D eigenvalue weighted by atomic mass is 79.9. The fraction of sp³-hybridized carbons (Fsp3) is 0.111. The van der Waals surface area contributed by atoms with Crippen molar-refractivity contribution < 1.29 is 4.79 Å². The lowest BCUT2D eigenvalue weighted by Gasteiger charge is -2.07. The van der Waals surface area contributed by atoms with Gasteiger partial charge < -0.3 is 10.6 Å². The van der Waals surface area contributed by atoms with Crippen LogP contribution in [0.5, 0.6) is 0 Å². The average molecular weight is 398 g/mol. The first kappa shape index (κ1) is 17.0. The summed E-state index contributed by atoms with van der Waals surface area (Å²) >= 11 is 3.37. The molecule has 2 N–H and O–H groups in total. The van der Waals surface area contributed by atoms with E-state index in [1.165, 1.54) is 0 Å². The van der Waals surface area contributed by atoms with Crippen molar-refractivity contribution in [3.8, 4) is 0 Å². The smallest absolute Gasteiger partial charge is 0.229 e. The van der Waals surface area contributed by atoms with Crippen LogP contribution in [0.3, 0.4) is 0 Å². The Morgan fingerprint density at radius 1 is 0.880 bits per heavy atom. The van der Waals surface area contributed by atoms with Crippen LogP contribution < -0.4 is 10.6 Å². The second kappa shape index (κ2) is 8.34. The van der Waals surface area contributed by atoms with Crippen LogP contribution in [-0.4, -0.2) is 21.1 Å². The van der Waals surface area contributed by atoms with Crippen molar-refractivity contribution in [3.63, 3.8) is 0 Å². The molecule has 3 rings (SSSR count). The molecule has 1 amide bonds. The van der Waals surface area contributed by atoms with E-state index in [0.717, 1.165) is 15.6 Å². The first-order valence-electron chi connectivity index (χ1n) is 7.70. The number of aromatic nitrogens is 3. The molecule has 1 aromatic carbocycles. The van der Waals surface area contributed by atoms with Gasteiger partial charge in [-0.05, 0) is 47.5 Å². The third kappa shape index (κ3) is 5.36. The predicted octanol–water partition coefficient (Wildman–Crippen LogP) is 3.43. The topological polar surface area (TPSA) is 79.8 Å². The molecule has 0 atom stereocenters. The van der Waals surface area contributed by atoms with Gasteiger partial charge in [0, 0.05) is 23.4 Å². The summed E-state index contributed by atoms with van der Waals surface area (Å²) in [5.74, 6) is 0.938. The summed E-state index contributed by atoms with van der Waals surface area (Å²) in [6.45, 7) is 0.631. The van der Waals surface area contributed by atoms with E-state index in [-0.39, 0.29) is 12.3 Å². The van der Waals surface area contributed by atoms with Crippen LogP contribution in [0.1, 0.15) is 11.1 Å². The summed E-state index contributed by atoms with van der Waals surface area (Å²) in [6, 6.07) is 15.0. The van der Waals surface area contributed by atoms with Gasteiger partial charge in [0.2, 0.25) is 5.91 Å². The average Bonchev–Trinajstić information content (AvgIpc) is 2.64. The number of nitrogens with one attached hydrogen (secondary N) is 2. The molecule has 0 radical (unpaired) electrons.